The van der Waals surface area contributed by atoms with Crippen molar-refractivity contribution in [2.24, 2.45) is 0 Å². The molecule has 0 aromatic carbocycles. The topological polar surface area (TPSA) is 61.9 Å². The largest absolute Gasteiger partial charge is 0.468 e. The second-order valence-corrected chi connectivity index (χ2v) is 5.23. The quantitative estimate of drug-likeness (QED) is 0.694. The van der Waals surface area contributed by atoms with Crippen molar-refractivity contribution in [3.63, 3.8) is 0 Å². The molecule has 2 saturated heterocycles. The van der Waals surface area contributed by atoms with Gasteiger partial charge in [0.2, 0.25) is 5.91 Å². The summed E-state index contributed by atoms with van der Waals surface area (Å²) in [6.45, 7) is 4.27. The fourth-order valence-corrected chi connectivity index (χ4v) is 2.67. The maximum Gasteiger partial charge on any atom is 0.319 e. The second kappa shape index (κ2) is 6.86. The van der Waals surface area contributed by atoms with E-state index in [4.69, 9.17) is 0 Å². The fourth-order valence-electron chi connectivity index (χ4n) is 2.67. The standard InChI is InChI=1S/C13H23N3O3/c1-19-13(18)10-15-5-7-16(8-6-15)12(17)9-11-3-2-4-14-11/h11,14H,2-10H2,1H3. The number of rotatable bonds is 4. The predicted molar refractivity (Wildman–Crippen MR) is 70.7 cm³/mol. The van der Waals surface area contributed by atoms with Crippen molar-refractivity contribution in [1.82, 2.24) is 15.1 Å². The van der Waals surface area contributed by atoms with E-state index in [1.54, 1.807) is 0 Å². The van der Waals surface area contributed by atoms with Crippen molar-refractivity contribution in [2.45, 2.75) is 25.3 Å². The summed E-state index contributed by atoms with van der Waals surface area (Å²) in [7, 11) is 1.40. The van der Waals surface area contributed by atoms with Gasteiger partial charge in [-0.25, -0.2) is 0 Å². The summed E-state index contributed by atoms with van der Waals surface area (Å²) in [4.78, 5) is 27.2. The lowest BCUT2D eigenvalue weighted by atomic mass is 10.1. The van der Waals surface area contributed by atoms with Gasteiger partial charge in [0.25, 0.3) is 0 Å². The monoisotopic (exact) mass is 269 g/mol. The Hall–Kier alpha value is -1.14. The summed E-state index contributed by atoms with van der Waals surface area (Å²) >= 11 is 0. The highest BCUT2D eigenvalue weighted by atomic mass is 16.5. The van der Waals surface area contributed by atoms with Crippen molar-refractivity contribution < 1.29 is 14.3 Å². The van der Waals surface area contributed by atoms with Crippen LogP contribution < -0.4 is 5.32 Å². The van der Waals surface area contributed by atoms with Crippen molar-refractivity contribution in [2.75, 3.05) is 46.4 Å². The predicted octanol–water partition coefficient (Wildman–Crippen LogP) is -0.554. The lowest BCUT2D eigenvalue weighted by molar-refractivity contribution is -0.142. The average Bonchev–Trinajstić information content (AvgIpc) is 2.92. The molecule has 0 bridgehead atoms. The first-order chi connectivity index (χ1) is 9.19. The summed E-state index contributed by atoms with van der Waals surface area (Å²) in [5.74, 6) is 0.0204. The number of methoxy groups -OCH3 is 1. The highest BCUT2D eigenvalue weighted by Gasteiger charge is 2.25. The van der Waals surface area contributed by atoms with E-state index in [1.165, 1.54) is 13.5 Å². The van der Waals surface area contributed by atoms with Crippen LogP contribution in [0.5, 0.6) is 0 Å². The van der Waals surface area contributed by atoms with Crippen molar-refractivity contribution in [1.29, 1.82) is 0 Å². The highest BCUT2D eigenvalue weighted by molar-refractivity contribution is 5.77. The first kappa shape index (κ1) is 14.3. The van der Waals surface area contributed by atoms with Crippen LogP contribution in [-0.4, -0.2) is 74.1 Å². The fraction of sp³-hybridized carbons (Fsp3) is 0.846. The molecule has 0 spiro atoms. The third kappa shape index (κ3) is 4.18. The van der Waals surface area contributed by atoms with E-state index in [1.807, 2.05) is 9.80 Å². The zero-order valence-corrected chi connectivity index (χ0v) is 11.6. The van der Waals surface area contributed by atoms with E-state index in [2.05, 4.69) is 10.1 Å². The molecule has 19 heavy (non-hydrogen) atoms. The zero-order chi connectivity index (χ0) is 13.7. The first-order valence-electron chi connectivity index (χ1n) is 6.99. The molecule has 2 heterocycles. The number of nitrogens with zero attached hydrogens (tertiary/aromatic N) is 2. The van der Waals surface area contributed by atoms with Gasteiger partial charge in [0.05, 0.1) is 13.7 Å². The van der Waals surface area contributed by atoms with Gasteiger partial charge in [-0.3, -0.25) is 14.5 Å². The third-order valence-corrected chi connectivity index (χ3v) is 3.89. The molecule has 0 saturated carbocycles. The summed E-state index contributed by atoms with van der Waals surface area (Å²) < 4.78 is 4.65. The number of hydrogen-bond acceptors (Lipinski definition) is 5. The molecule has 0 aromatic rings. The van der Waals surface area contributed by atoms with Gasteiger partial charge in [0, 0.05) is 38.6 Å². The molecular weight excluding hydrogens is 246 g/mol. The van der Waals surface area contributed by atoms with Crippen LogP contribution in [0.2, 0.25) is 0 Å². The van der Waals surface area contributed by atoms with Crippen molar-refractivity contribution >= 4 is 11.9 Å². The first-order valence-corrected chi connectivity index (χ1v) is 6.99. The lowest BCUT2D eigenvalue weighted by Gasteiger charge is -2.34. The van der Waals surface area contributed by atoms with Crippen LogP contribution in [0.15, 0.2) is 0 Å². The van der Waals surface area contributed by atoms with E-state index < -0.39 is 0 Å². The third-order valence-electron chi connectivity index (χ3n) is 3.89. The Kier molecular flexibility index (Phi) is 5.15. The Morgan fingerprint density at radius 1 is 1.26 bits per heavy atom. The molecule has 0 radical (unpaired) electrons. The highest BCUT2D eigenvalue weighted by Crippen LogP contribution is 2.12. The summed E-state index contributed by atoms with van der Waals surface area (Å²) in [6.07, 6.45) is 2.88. The molecule has 0 aromatic heterocycles. The number of hydrogen-bond donors (Lipinski definition) is 1. The smallest absolute Gasteiger partial charge is 0.319 e. The van der Waals surface area contributed by atoms with E-state index in [-0.39, 0.29) is 11.9 Å². The minimum atomic E-state index is -0.213. The Morgan fingerprint density at radius 2 is 2.00 bits per heavy atom. The molecule has 2 rings (SSSR count). The van der Waals surface area contributed by atoms with Crippen LogP contribution in [0.25, 0.3) is 0 Å². The van der Waals surface area contributed by atoms with Gasteiger partial charge in [-0.2, -0.15) is 0 Å². The van der Waals surface area contributed by atoms with E-state index >= 15 is 0 Å². The number of piperazine rings is 1. The summed E-state index contributed by atoms with van der Waals surface area (Å²) in [5, 5.41) is 3.35. The van der Waals surface area contributed by atoms with Gasteiger partial charge in [0.15, 0.2) is 0 Å². The van der Waals surface area contributed by atoms with E-state index in [0.717, 1.165) is 26.1 Å². The molecule has 6 nitrogen and oxygen atoms in total. The molecule has 2 aliphatic rings. The number of nitrogens with one attached hydrogen (secondary N) is 1. The Morgan fingerprint density at radius 3 is 2.58 bits per heavy atom. The Bertz CT molecular complexity index is 321. The normalized spacial score (nSPS) is 24.5. The number of amides is 1. The van der Waals surface area contributed by atoms with Crippen LogP contribution in [0.3, 0.4) is 0 Å². The molecule has 2 fully saturated rings. The van der Waals surface area contributed by atoms with Gasteiger partial charge in [-0.15, -0.1) is 0 Å². The van der Waals surface area contributed by atoms with Gasteiger partial charge >= 0.3 is 5.97 Å². The number of carbonyl (C=O) groups excluding carboxylic acids is 2. The Balaban J connectivity index is 1.70. The van der Waals surface area contributed by atoms with E-state index in [9.17, 15) is 9.59 Å². The number of esters is 1. The molecule has 1 amide bonds. The second-order valence-electron chi connectivity index (χ2n) is 5.23. The SMILES string of the molecule is COC(=O)CN1CCN(C(=O)CC2CCCN2)CC1. The van der Waals surface area contributed by atoms with Gasteiger partial charge in [-0.05, 0) is 19.4 Å². The maximum atomic E-state index is 12.1. The van der Waals surface area contributed by atoms with Gasteiger partial charge in [0.1, 0.15) is 0 Å². The van der Waals surface area contributed by atoms with Gasteiger partial charge < -0.3 is 15.0 Å². The van der Waals surface area contributed by atoms with Crippen LogP contribution in [0.1, 0.15) is 19.3 Å². The molecule has 2 aliphatic heterocycles. The van der Waals surface area contributed by atoms with Crippen LogP contribution >= 0.6 is 0 Å². The molecule has 0 aliphatic carbocycles. The molecular formula is C13H23N3O3. The molecule has 1 unspecified atom stereocenters. The van der Waals surface area contributed by atoms with Crippen LogP contribution in [0, 0.1) is 0 Å². The lowest BCUT2D eigenvalue weighted by Crippen LogP contribution is -2.50. The van der Waals surface area contributed by atoms with E-state index in [0.29, 0.717) is 32.1 Å². The number of ether oxygens (including phenoxy) is 1. The minimum Gasteiger partial charge on any atom is -0.468 e. The molecule has 1 atom stereocenters. The summed E-state index contributed by atoms with van der Waals surface area (Å²) in [5.41, 5.74) is 0. The maximum absolute atomic E-state index is 12.1. The molecule has 108 valence electrons. The number of carbonyl (C=O) groups is 2. The van der Waals surface area contributed by atoms with Crippen LogP contribution in [-0.2, 0) is 14.3 Å². The van der Waals surface area contributed by atoms with Crippen molar-refractivity contribution in [3.8, 4) is 0 Å². The average molecular weight is 269 g/mol. The Labute approximate surface area is 114 Å². The van der Waals surface area contributed by atoms with Crippen molar-refractivity contribution in [3.05, 3.63) is 0 Å². The molecule has 1 N–H and O–H groups in total. The minimum absolute atomic E-state index is 0.213. The van der Waals surface area contributed by atoms with Crippen LogP contribution in [0.4, 0.5) is 0 Å². The zero-order valence-electron chi connectivity index (χ0n) is 11.6. The van der Waals surface area contributed by atoms with Gasteiger partial charge in [-0.1, -0.05) is 0 Å². The molecule has 6 heteroatoms. The summed E-state index contributed by atoms with van der Waals surface area (Å²) in [6, 6.07) is 0.362.